The van der Waals surface area contributed by atoms with E-state index in [2.05, 4.69) is 15.5 Å². The van der Waals surface area contributed by atoms with Crippen molar-refractivity contribution in [2.45, 2.75) is 0 Å². The van der Waals surface area contributed by atoms with Crippen LogP contribution >= 0.6 is 11.6 Å². The number of hydrogen-bond donors (Lipinski definition) is 2. The molecule has 0 saturated carbocycles. The van der Waals surface area contributed by atoms with Crippen LogP contribution in [0.3, 0.4) is 0 Å². The second kappa shape index (κ2) is 5.49. The molecule has 2 N–H and O–H groups in total. The molecule has 9 heteroatoms. The van der Waals surface area contributed by atoms with Crippen LogP contribution in [-0.2, 0) is 0 Å². The van der Waals surface area contributed by atoms with Crippen molar-refractivity contribution in [3.63, 3.8) is 0 Å². The van der Waals surface area contributed by atoms with E-state index in [1.165, 1.54) is 18.2 Å². The van der Waals surface area contributed by atoms with Gasteiger partial charge in [-0.3, -0.25) is 19.7 Å². The lowest BCUT2D eigenvalue weighted by atomic mass is 10.2. The van der Waals surface area contributed by atoms with E-state index < -0.39 is 16.4 Å². The highest BCUT2D eigenvalue weighted by Crippen LogP contribution is 2.27. The van der Waals surface area contributed by atoms with Crippen molar-refractivity contribution in [3.8, 4) is 0 Å². The Morgan fingerprint density at radius 2 is 2.10 bits per heavy atom. The van der Waals surface area contributed by atoms with Crippen LogP contribution in [0, 0.1) is 10.1 Å². The van der Waals surface area contributed by atoms with Gasteiger partial charge < -0.3 is 5.32 Å². The van der Waals surface area contributed by atoms with Gasteiger partial charge in [-0.2, -0.15) is 5.10 Å². The van der Waals surface area contributed by atoms with E-state index >= 15 is 0 Å². The molecule has 0 aliphatic carbocycles. The zero-order valence-corrected chi connectivity index (χ0v) is 10.5. The Hall–Kier alpha value is -2.74. The summed E-state index contributed by atoms with van der Waals surface area (Å²) in [6.07, 6.45) is 0. The summed E-state index contributed by atoms with van der Waals surface area (Å²) >= 11 is 5.66. The summed E-state index contributed by atoms with van der Waals surface area (Å²) in [6.45, 7) is 0. The number of nitro benzene ring substituents is 1. The van der Waals surface area contributed by atoms with Gasteiger partial charge in [-0.25, -0.2) is 5.10 Å². The topological polar surface area (TPSA) is 118 Å². The predicted octanol–water partition coefficient (Wildman–Crippen LogP) is 1.58. The van der Waals surface area contributed by atoms with Crippen LogP contribution in [0.2, 0.25) is 5.02 Å². The summed E-state index contributed by atoms with van der Waals surface area (Å²) in [7, 11) is 0. The molecule has 102 valence electrons. The van der Waals surface area contributed by atoms with E-state index in [0.717, 1.165) is 12.1 Å². The fraction of sp³-hybridized carbons (Fsp3) is 0. The molecular formula is C11H7ClN4O4. The van der Waals surface area contributed by atoms with Gasteiger partial charge in [0.1, 0.15) is 10.7 Å². The van der Waals surface area contributed by atoms with Crippen LogP contribution in [0.15, 0.2) is 35.1 Å². The number of nitrogens with one attached hydrogen (secondary N) is 2. The smallest absolute Gasteiger partial charge is 0.289 e. The largest absolute Gasteiger partial charge is 0.320 e. The summed E-state index contributed by atoms with van der Waals surface area (Å²) in [5, 5.41) is 18.8. The number of rotatable bonds is 3. The molecule has 1 amide bonds. The fourth-order valence-electron chi connectivity index (χ4n) is 1.40. The molecule has 0 saturated heterocycles. The number of carbonyl (C=O) groups is 1. The van der Waals surface area contributed by atoms with Gasteiger partial charge in [0, 0.05) is 17.8 Å². The number of anilines is 1. The lowest BCUT2D eigenvalue weighted by Crippen LogP contribution is -2.17. The van der Waals surface area contributed by atoms with Crippen molar-refractivity contribution < 1.29 is 9.72 Å². The molecule has 0 aliphatic rings. The van der Waals surface area contributed by atoms with E-state index in [0.29, 0.717) is 0 Å². The van der Waals surface area contributed by atoms with Gasteiger partial charge >= 0.3 is 0 Å². The second-order valence-corrected chi connectivity index (χ2v) is 4.09. The van der Waals surface area contributed by atoms with E-state index in [1.54, 1.807) is 0 Å². The predicted molar refractivity (Wildman–Crippen MR) is 70.9 cm³/mol. The fourth-order valence-corrected chi connectivity index (χ4v) is 1.58. The molecule has 2 rings (SSSR count). The van der Waals surface area contributed by atoms with E-state index in [1.807, 2.05) is 0 Å². The standard InChI is InChI=1S/C11H7ClN4O4/c12-7-2-1-6(5-9(7)16(19)20)13-11(18)8-3-4-10(17)15-14-8/h1-5H,(H,13,18)(H,15,17). The number of benzene rings is 1. The van der Waals surface area contributed by atoms with Gasteiger partial charge in [0.2, 0.25) is 0 Å². The molecule has 1 aromatic heterocycles. The number of carbonyl (C=O) groups excluding carboxylic acids is 1. The Morgan fingerprint density at radius 3 is 2.70 bits per heavy atom. The first-order valence-electron chi connectivity index (χ1n) is 5.28. The second-order valence-electron chi connectivity index (χ2n) is 3.68. The Balaban J connectivity index is 2.24. The first-order chi connectivity index (χ1) is 9.47. The van der Waals surface area contributed by atoms with Gasteiger partial charge in [-0.15, -0.1) is 0 Å². The number of halogens is 1. The van der Waals surface area contributed by atoms with Gasteiger partial charge in [-0.1, -0.05) is 11.6 Å². The zero-order valence-electron chi connectivity index (χ0n) is 9.79. The maximum absolute atomic E-state index is 11.8. The molecule has 0 fully saturated rings. The quantitative estimate of drug-likeness (QED) is 0.658. The highest BCUT2D eigenvalue weighted by atomic mass is 35.5. The Morgan fingerprint density at radius 1 is 1.35 bits per heavy atom. The summed E-state index contributed by atoms with van der Waals surface area (Å²) in [5.74, 6) is -0.613. The van der Waals surface area contributed by atoms with Crippen molar-refractivity contribution in [1.29, 1.82) is 0 Å². The minimum Gasteiger partial charge on any atom is -0.320 e. The minimum atomic E-state index is -0.657. The van der Waals surface area contributed by atoms with Crippen molar-refractivity contribution in [3.05, 3.63) is 61.5 Å². The maximum Gasteiger partial charge on any atom is 0.289 e. The van der Waals surface area contributed by atoms with Crippen LogP contribution < -0.4 is 10.9 Å². The summed E-state index contributed by atoms with van der Waals surface area (Å²) in [5.41, 5.74) is -0.594. The van der Waals surface area contributed by atoms with Gasteiger partial charge in [0.15, 0.2) is 0 Å². The third kappa shape index (κ3) is 2.98. The van der Waals surface area contributed by atoms with Crippen LogP contribution in [0.25, 0.3) is 0 Å². The van der Waals surface area contributed by atoms with Crippen LogP contribution in [0.4, 0.5) is 11.4 Å². The third-order valence-electron chi connectivity index (χ3n) is 2.31. The summed E-state index contributed by atoms with van der Waals surface area (Å²) in [4.78, 5) is 32.7. The number of amides is 1. The highest BCUT2D eigenvalue weighted by molar-refractivity contribution is 6.32. The van der Waals surface area contributed by atoms with Gasteiger partial charge in [0.05, 0.1) is 4.92 Å². The molecule has 0 spiro atoms. The normalized spacial score (nSPS) is 10.1. The highest BCUT2D eigenvalue weighted by Gasteiger charge is 2.15. The number of H-pyrrole nitrogens is 1. The van der Waals surface area contributed by atoms with Gasteiger partial charge in [-0.05, 0) is 18.2 Å². The van der Waals surface area contributed by atoms with Gasteiger partial charge in [0.25, 0.3) is 17.2 Å². The average molecular weight is 295 g/mol. The number of hydrogen-bond acceptors (Lipinski definition) is 5. The molecule has 0 aliphatic heterocycles. The zero-order chi connectivity index (χ0) is 14.7. The molecule has 0 unspecified atom stereocenters. The monoisotopic (exact) mass is 294 g/mol. The Labute approximate surface area is 116 Å². The molecule has 2 aromatic rings. The Kier molecular flexibility index (Phi) is 3.76. The number of nitro groups is 1. The third-order valence-corrected chi connectivity index (χ3v) is 2.63. The molecule has 1 aromatic carbocycles. The Bertz CT molecular complexity index is 723. The summed E-state index contributed by atoms with van der Waals surface area (Å²) in [6, 6.07) is 6.23. The molecule has 20 heavy (non-hydrogen) atoms. The number of nitrogens with zero attached hydrogens (tertiary/aromatic N) is 2. The van der Waals surface area contributed by atoms with Crippen molar-refractivity contribution >= 4 is 28.9 Å². The minimum absolute atomic E-state index is 0.0257. The first-order valence-corrected chi connectivity index (χ1v) is 5.66. The molecule has 8 nitrogen and oxygen atoms in total. The van der Waals surface area contributed by atoms with Crippen LogP contribution in [0.1, 0.15) is 10.5 Å². The molecular weight excluding hydrogens is 288 g/mol. The average Bonchev–Trinajstić information content (AvgIpc) is 2.41. The molecule has 0 radical (unpaired) electrons. The van der Waals surface area contributed by atoms with E-state index in [9.17, 15) is 19.7 Å². The van der Waals surface area contributed by atoms with Crippen LogP contribution in [0.5, 0.6) is 0 Å². The maximum atomic E-state index is 11.8. The number of aromatic amines is 1. The van der Waals surface area contributed by atoms with Crippen LogP contribution in [-0.4, -0.2) is 21.0 Å². The lowest BCUT2D eigenvalue weighted by Gasteiger charge is -2.04. The van der Waals surface area contributed by atoms with E-state index in [4.69, 9.17) is 11.6 Å². The SMILES string of the molecule is O=C(Nc1ccc(Cl)c([N+](=O)[O-])c1)c1ccc(=O)[nH]n1. The molecule has 0 bridgehead atoms. The summed E-state index contributed by atoms with van der Waals surface area (Å²) < 4.78 is 0. The molecule has 0 atom stereocenters. The van der Waals surface area contributed by atoms with E-state index in [-0.39, 0.29) is 22.1 Å². The number of aromatic nitrogens is 2. The molecule has 1 heterocycles. The van der Waals surface area contributed by atoms with Crippen molar-refractivity contribution in [2.24, 2.45) is 0 Å². The first kappa shape index (κ1) is 13.7. The van der Waals surface area contributed by atoms with Crippen molar-refractivity contribution in [2.75, 3.05) is 5.32 Å². The lowest BCUT2D eigenvalue weighted by molar-refractivity contribution is -0.384. The van der Waals surface area contributed by atoms with Crippen molar-refractivity contribution in [1.82, 2.24) is 10.2 Å².